The molecule has 0 amide bonds. The zero-order valence-electron chi connectivity index (χ0n) is 12.7. The monoisotopic (exact) mass is 356 g/mol. The van der Waals surface area contributed by atoms with Crippen molar-refractivity contribution in [2.24, 2.45) is 0 Å². The van der Waals surface area contributed by atoms with Gasteiger partial charge in [0.15, 0.2) is 11.5 Å². The van der Waals surface area contributed by atoms with Crippen LogP contribution in [-0.2, 0) is 20.7 Å². The Balaban J connectivity index is 1.68. The largest absolute Gasteiger partial charge is 0.586 e. The van der Waals surface area contributed by atoms with Crippen molar-refractivity contribution < 1.29 is 30.9 Å². The molecule has 128 valence electrons. The topological polar surface area (TPSA) is 61.8 Å². The summed E-state index contributed by atoms with van der Waals surface area (Å²) in [5.74, 6) is -0.183. The minimum atomic E-state index is -3.90. The molecule has 2 aromatic rings. The maximum Gasteiger partial charge on any atom is 0.586 e. The van der Waals surface area contributed by atoms with E-state index in [4.69, 9.17) is 4.18 Å². The molecule has 0 saturated heterocycles. The maximum absolute atomic E-state index is 13.1. The normalized spacial score (nSPS) is 15.5. The Morgan fingerprint density at radius 2 is 1.79 bits per heavy atom. The molecule has 1 heterocycles. The molecular weight excluding hydrogens is 342 g/mol. The number of fused-ring (bicyclic) bond motifs is 1. The average molecular weight is 356 g/mol. The molecule has 0 unspecified atom stereocenters. The van der Waals surface area contributed by atoms with E-state index in [-0.39, 0.29) is 29.4 Å². The third-order valence-corrected chi connectivity index (χ3v) is 4.76. The van der Waals surface area contributed by atoms with Crippen LogP contribution in [0, 0.1) is 6.92 Å². The van der Waals surface area contributed by atoms with Crippen LogP contribution in [-0.4, -0.2) is 21.3 Å². The van der Waals surface area contributed by atoms with Crippen LogP contribution in [0.2, 0.25) is 0 Å². The highest BCUT2D eigenvalue weighted by atomic mass is 32.2. The van der Waals surface area contributed by atoms with Crippen molar-refractivity contribution in [3.05, 3.63) is 53.6 Å². The summed E-state index contributed by atoms with van der Waals surface area (Å²) in [6.45, 7) is 1.63. The summed E-state index contributed by atoms with van der Waals surface area (Å²) in [5.41, 5.74) is 1.30. The first-order valence-electron chi connectivity index (χ1n) is 7.11. The van der Waals surface area contributed by atoms with Gasteiger partial charge in [-0.15, -0.1) is 8.78 Å². The predicted molar refractivity (Wildman–Crippen MR) is 80.7 cm³/mol. The van der Waals surface area contributed by atoms with Gasteiger partial charge in [0.05, 0.1) is 11.5 Å². The van der Waals surface area contributed by atoms with Gasteiger partial charge in [-0.1, -0.05) is 29.8 Å². The fourth-order valence-corrected chi connectivity index (χ4v) is 3.16. The second-order valence-electron chi connectivity index (χ2n) is 5.25. The molecule has 8 heteroatoms. The van der Waals surface area contributed by atoms with Crippen molar-refractivity contribution in [1.82, 2.24) is 0 Å². The van der Waals surface area contributed by atoms with E-state index in [0.717, 1.165) is 5.56 Å². The smallest absolute Gasteiger partial charge is 0.395 e. The van der Waals surface area contributed by atoms with E-state index in [1.165, 1.54) is 24.3 Å². The van der Waals surface area contributed by atoms with Gasteiger partial charge in [0.1, 0.15) is 0 Å². The lowest BCUT2D eigenvalue weighted by atomic mass is 10.1. The van der Waals surface area contributed by atoms with E-state index < -0.39 is 16.4 Å². The molecular formula is C16H14F2O5S. The minimum Gasteiger partial charge on any atom is -0.395 e. The van der Waals surface area contributed by atoms with Crippen LogP contribution in [0.25, 0.3) is 0 Å². The van der Waals surface area contributed by atoms with E-state index in [0.29, 0.717) is 5.56 Å². The number of ether oxygens (including phenoxy) is 2. The number of halogens is 2. The Labute approximate surface area is 137 Å². The Bertz CT molecular complexity index is 847. The molecule has 0 spiro atoms. The van der Waals surface area contributed by atoms with Crippen LogP contribution in [0.4, 0.5) is 8.78 Å². The number of hydrogen-bond donors (Lipinski definition) is 0. The molecule has 1 aliphatic heterocycles. The minimum absolute atomic E-state index is 0.0394. The number of alkyl halides is 2. The molecule has 5 nitrogen and oxygen atoms in total. The van der Waals surface area contributed by atoms with Crippen molar-refractivity contribution in [2.45, 2.75) is 24.5 Å². The summed E-state index contributed by atoms with van der Waals surface area (Å²) in [6.07, 6.45) is -3.64. The molecule has 3 rings (SSSR count). The fraction of sp³-hybridized carbons (Fsp3) is 0.250. The summed E-state index contributed by atoms with van der Waals surface area (Å²) >= 11 is 0. The molecule has 0 aromatic heterocycles. The zero-order valence-corrected chi connectivity index (χ0v) is 13.5. The van der Waals surface area contributed by atoms with Crippen molar-refractivity contribution in [3.8, 4) is 11.5 Å². The van der Waals surface area contributed by atoms with Crippen LogP contribution in [0.1, 0.15) is 11.1 Å². The molecule has 0 fully saturated rings. The van der Waals surface area contributed by atoms with Gasteiger partial charge in [-0.3, -0.25) is 4.18 Å². The van der Waals surface area contributed by atoms with E-state index in [9.17, 15) is 17.2 Å². The maximum atomic E-state index is 13.1. The van der Waals surface area contributed by atoms with Crippen LogP contribution in [0.3, 0.4) is 0 Å². The van der Waals surface area contributed by atoms with Crippen LogP contribution in [0.5, 0.6) is 11.5 Å². The Hall–Kier alpha value is -2.19. The van der Waals surface area contributed by atoms with E-state index in [2.05, 4.69) is 9.47 Å². The SMILES string of the molecule is Cc1ccc(S(=O)(=O)OCCc2cccc3c2OC(F)(F)O3)cc1. The van der Waals surface area contributed by atoms with Gasteiger partial charge in [0.2, 0.25) is 0 Å². The molecule has 0 aliphatic carbocycles. The van der Waals surface area contributed by atoms with Crippen molar-refractivity contribution in [3.63, 3.8) is 0 Å². The van der Waals surface area contributed by atoms with Gasteiger partial charge in [0.25, 0.3) is 10.1 Å². The quantitative estimate of drug-likeness (QED) is 0.770. The summed E-state index contributed by atoms with van der Waals surface area (Å²) in [6, 6.07) is 10.6. The molecule has 1 aliphatic rings. The van der Waals surface area contributed by atoms with Gasteiger partial charge in [-0.2, -0.15) is 8.42 Å². The first kappa shape index (κ1) is 16.7. The van der Waals surface area contributed by atoms with Crippen molar-refractivity contribution in [1.29, 1.82) is 0 Å². The Morgan fingerprint density at radius 1 is 1.08 bits per heavy atom. The summed E-state index contributed by atoms with van der Waals surface area (Å²) in [7, 11) is -3.90. The average Bonchev–Trinajstić information content (AvgIpc) is 2.82. The Kier molecular flexibility index (Phi) is 4.18. The molecule has 0 bridgehead atoms. The lowest BCUT2D eigenvalue weighted by molar-refractivity contribution is -0.286. The van der Waals surface area contributed by atoms with Gasteiger partial charge in [-0.25, -0.2) is 0 Å². The molecule has 24 heavy (non-hydrogen) atoms. The summed E-state index contributed by atoms with van der Waals surface area (Å²) < 4.78 is 64.1. The standard InChI is InChI=1S/C16H14F2O5S/c1-11-5-7-13(8-6-11)24(19,20)21-10-9-12-3-2-4-14-15(12)23-16(17,18)22-14/h2-8H,9-10H2,1H3. The number of benzene rings is 2. The number of rotatable bonds is 5. The van der Waals surface area contributed by atoms with Crippen LogP contribution in [0.15, 0.2) is 47.4 Å². The highest BCUT2D eigenvalue weighted by Crippen LogP contribution is 2.43. The second-order valence-corrected chi connectivity index (χ2v) is 6.87. The Morgan fingerprint density at radius 3 is 2.50 bits per heavy atom. The van der Waals surface area contributed by atoms with Gasteiger partial charge in [0, 0.05) is 12.0 Å². The third kappa shape index (κ3) is 3.49. The fourth-order valence-electron chi connectivity index (χ4n) is 2.26. The second kappa shape index (κ2) is 6.03. The highest BCUT2D eigenvalue weighted by molar-refractivity contribution is 7.86. The first-order valence-corrected chi connectivity index (χ1v) is 8.51. The van der Waals surface area contributed by atoms with Crippen molar-refractivity contribution in [2.75, 3.05) is 6.61 Å². The molecule has 0 N–H and O–H groups in total. The van der Waals surface area contributed by atoms with E-state index in [1.807, 2.05) is 6.92 Å². The van der Waals surface area contributed by atoms with Gasteiger partial charge in [-0.05, 0) is 25.1 Å². The molecule has 0 radical (unpaired) electrons. The third-order valence-electron chi connectivity index (χ3n) is 3.43. The first-order chi connectivity index (χ1) is 11.3. The molecule has 2 aromatic carbocycles. The zero-order chi connectivity index (χ0) is 17.4. The summed E-state index contributed by atoms with van der Waals surface area (Å²) in [5, 5.41) is 0. The molecule has 0 saturated carbocycles. The number of aryl methyl sites for hydroxylation is 1. The van der Waals surface area contributed by atoms with Crippen molar-refractivity contribution >= 4 is 10.1 Å². The van der Waals surface area contributed by atoms with E-state index >= 15 is 0 Å². The number of hydrogen-bond acceptors (Lipinski definition) is 5. The summed E-state index contributed by atoms with van der Waals surface area (Å²) in [4.78, 5) is 0.0394. The van der Waals surface area contributed by atoms with Gasteiger partial charge >= 0.3 is 6.29 Å². The van der Waals surface area contributed by atoms with Crippen LogP contribution >= 0.6 is 0 Å². The predicted octanol–water partition coefficient (Wildman–Crippen LogP) is 3.26. The van der Waals surface area contributed by atoms with Crippen LogP contribution < -0.4 is 9.47 Å². The molecule has 0 atom stereocenters. The lowest BCUT2D eigenvalue weighted by Crippen LogP contribution is -2.26. The number of para-hydroxylation sites is 1. The van der Waals surface area contributed by atoms with Gasteiger partial charge < -0.3 is 9.47 Å². The van der Waals surface area contributed by atoms with E-state index in [1.54, 1.807) is 18.2 Å². The highest BCUT2D eigenvalue weighted by Gasteiger charge is 2.44. The lowest BCUT2D eigenvalue weighted by Gasteiger charge is -2.08.